The fourth-order valence-corrected chi connectivity index (χ4v) is 0.931. The summed E-state index contributed by atoms with van der Waals surface area (Å²) in [6.07, 6.45) is 1.87. The van der Waals surface area contributed by atoms with Gasteiger partial charge in [-0.3, -0.25) is 9.98 Å². The molecule has 66 valence electrons. The first-order chi connectivity index (χ1) is 5.70. The first-order valence-corrected chi connectivity index (χ1v) is 3.62. The number of aliphatic hydroxyl groups excluding tert-OH is 1. The van der Waals surface area contributed by atoms with E-state index in [4.69, 9.17) is 10.2 Å². The zero-order valence-corrected chi connectivity index (χ0v) is 6.42. The maximum atomic E-state index is 10.2. The minimum absolute atomic E-state index is 0.128. The van der Waals surface area contributed by atoms with Crippen LogP contribution in [-0.4, -0.2) is 47.3 Å². The zero-order chi connectivity index (χ0) is 8.97. The monoisotopic (exact) mass is 170 g/mol. The van der Waals surface area contributed by atoms with Crippen molar-refractivity contribution in [1.82, 2.24) is 0 Å². The Balaban J connectivity index is 2.36. The molecule has 1 heterocycles. The molecule has 1 rings (SSSR count). The predicted molar refractivity (Wildman–Crippen MR) is 43.9 cm³/mol. The predicted octanol–water partition coefficient (Wildman–Crippen LogP) is -0.654. The summed E-state index contributed by atoms with van der Waals surface area (Å²) in [6.45, 7) is 0.459. The molecule has 1 aliphatic rings. The lowest BCUT2D eigenvalue weighted by molar-refractivity contribution is -0.147. The summed E-state index contributed by atoms with van der Waals surface area (Å²) in [5.74, 6) is -1.21. The molecule has 0 saturated carbocycles. The normalized spacial score (nSPS) is 23.9. The van der Waals surface area contributed by atoms with Gasteiger partial charge in [0.2, 0.25) is 0 Å². The van der Waals surface area contributed by atoms with Crippen LogP contribution in [0.5, 0.6) is 0 Å². The van der Waals surface area contributed by atoms with Gasteiger partial charge in [-0.2, -0.15) is 0 Å². The van der Waals surface area contributed by atoms with E-state index in [9.17, 15) is 4.79 Å². The molecule has 0 spiro atoms. The third kappa shape index (κ3) is 2.43. The number of aliphatic carboxylic acids is 1. The Hall–Kier alpha value is -1.23. The number of carboxylic acid groups (broad SMARTS) is 1. The van der Waals surface area contributed by atoms with Crippen molar-refractivity contribution >= 4 is 18.4 Å². The van der Waals surface area contributed by atoms with Crippen LogP contribution in [0.4, 0.5) is 0 Å². The van der Waals surface area contributed by atoms with E-state index in [0.717, 1.165) is 0 Å². The molecule has 1 aliphatic heterocycles. The third-order valence-corrected chi connectivity index (χ3v) is 1.57. The Morgan fingerprint density at radius 3 is 2.92 bits per heavy atom. The molecular formula is C7H10N2O3. The van der Waals surface area contributed by atoms with Crippen molar-refractivity contribution in [2.45, 2.75) is 18.6 Å². The van der Waals surface area contributed by atoms with Gasteiger partial charge < -0.3 is 10.2 Å². The molecule has 0 aliphatic carbocycles. The largest absolute Gasteiger partial charge is 0.479 e. The topological polar surface area (TPSA) is 82.2 Å². The summed E-state index contributed by atoms with van der Waals surface area (Å²) in [6, 6.07) is -0.193. The molecule has 12 heavy (non-hydrogen) atoms. The maximum absolute atomic E-state index is 10.2. The Labute approximate surface area is 69.5 Å². The maximum Gasteiger partial charge on any atom is 0.332 e. The van der Waals surface area contributed by atoms with Crippen LogP contribution in [-0.2, 0) is 4.79 Å². The van der Waals surface area contributed by atoms with Crippen molar-refractivity contribution in [3.05, 3.63) is 0 Å². The van der Waals surface area contributed by atoms with Crippen LogP contribution in [0.3, 0.4) is 0 Å². The first kappa shape index (κ1) is 8.86. The van der Waals surface area contributed by atoms with Gasteiger partial charge in [-0.05, 0) is 0 Å². The summed E-state index contributed by atoms with van der Waals surface area (Å²) in [5.41, 5.74) is 0. The average Bonchev–Trinajstić information content (AvgIpc) is 2.06. The highest BCUT2D eigenvalue weighted by atomic mass is 16.4. The van der Waals surface area contributed by atoms with E-state index < -0.39 is 12.1 Å². The van der Waals surface area contributed by atoms with Crippen molar-refractivity contribution in [2.24, 2.45) is 9.98 Å². The van der Waals surface area contributed by atoms with E-state index in [1.165, 1.54) is 6.21 Å². The van der Waals surface area contributed by atoms with Crippen molar-refractivity contribution in [2.75, 3.05) is 6.54 Å². The van der Waals surface area contributed by atoms with Crippen LogP contribution in [0.1, 0.15) is 6.42 Å². The van der Waals surface area contributed by atoms with Gasteiger partial charge in [0.05, 0.1) is 12.6 Å². The van der Waals surface area contributed by atoms with Crippen LogP contribution in [0.2, 0.25) is 0 Å². The van der Waals surface area contributed by atoms with Crippen LogP contribution in [0, 0.1) is 0 Å². The van der Waals surface area contributed by atoms with Crippen molar-refractivity contribution in [3.63, 3.8) is 0 Å². The lowest BCUT2D eigenvalue weighted by Gasteiger charge is -2.13. The van der Waals surface area contributed by atoms with Crippen molar-refractivity contribution < 1.29 is 15.0 Å². The molecule has 0 saturated heterocycles. The van der Waals surface area contributed by atoms with Gasteiger partial charge in [-0.25, -0.2) is 4.79 Å². The molecule has 0 aromatic heterocycles. The summed E-state index contributed by atoms with van der Waals surface area (Å²) in [4.78, 5) is 18.1. The second-order valence-electron chi connectivity index (χ2n) is 2.56. The first-order valence-electron chi connectivity index (χ1n) is 3.62. The fraction of sp³-hybridized carbons (Fsp3) is 0.571. The number of carboxylic acids is 1. The van der Waals surface area contributed by atoms with Crippen LogP contribution < -0.4 is 0 Å². The van der Waals surface area contributed by atoms with Crippen LogP contribution in [0.15, 0.2) is 9.98 Å². The smallest absolute Gasteiger partial charge is 0.332 e. The molecule has 0 fully saturated rings. The summed E-state index contributed by atoms with van der Waals surface area (Å²) < 4.78 is 0. The van der Waals surface area contributed by atoms with E-state index in [0.29, 0.717) is 6.54 Å². The van der Waals surface area contributed by atoms with Crippen molar-refractivity contribution in [1.29, 1.82) is 0 Å². The minimum atomic E-state index is -1.33. The summed E-state index contributed by atoms with van der Waals surface area (Å²) in [7, 11) is 0. The standard InChI is InChI=1S/C7H10N2O3/c10-6(7(11)12)3-5-4-8-1-2-9-5/h1-2,5-6,10H,3-4H2,(H,11,12). The van der Waals surface area contributed by atoms with Crippen LogP contribution >= 0.6 is 0 Å². The van der Waals surface area contributed by atoms with E-state index in [1.807, 2.05) is 0 Å². The molecule has 0 aromatic rings. The SMILES string of the molecule is O=C(O)C(O)CC1CN=CC=N1. The van der Waals surface area contributed by atoms with E-state index in [-0.39, 0.29) is 12.5 Å². The second kappa shape index (κ2) is 3.96. The van der Waals surface area contributed by atoms with Gasteiger partial charge in [0.25, 0.3) is 0 Å². The van der Waals surface area contributed by atoms with Crippen molar-refractivity contribution in [3.8, 4) is 0 Å². The zero-order valence-electron chi connectivity index (χ0n) is 6.42. The molecule has 2 N–H and O–H groups in total. The number of aliphatic imine (C=N–C) groups is 2. The number of hydrogen-bond donors (Lipinski definition) is 2. The molecule has 0 bridgehead atoms. The highest BCUT2D eigenvalue weighted by Crippen LogP contribution is 2.05. The number of nitrogens with zero attached hydrogens (tertiary/aromatic N) is 2. The Morgan fingerprint density at radius 1 is 1.67 bits per heavy atom. The van der Waals surface area contributed by atoms with Gasteiger partial charge in [0.15, 0.2) is 6.10 Å². The molecule has 0 aromatic carbocycles. The number of hydrogen-bond acceptors (Lipinski definition) is 4. The molecule has 2 atom stereocenters. The van der Waals surface area contributed by atoms with E-state index in [2.05, 4.69) is 9.98 Å². The number of aliphatic hydroxyl groups is 1. The van der Waals surface area contributed by atoms with E-state index >= 15 is 0 Å². The number of carbonyl (C=O) groups is 1. The van der Waals surface area contributed by atoms with Gasteiger partial charge in [-0.1, -0.05) is 0 Å². The molecule has 2 unspecified atom stereocenters. The average molecular weight is 170 g/mol. The minimum Gasteiger partial charge on any atom is -0.479 e. The highest BCUT2D eigenvalue weighted by molar-refractivity contribution is 6.16. The lowest BCUT2D eigenvalue weighted by atomic mass is 10.1. The third-order valence-electron chi connectivity index (χ3n) is 1.57. The molecule has 5 heteroatoms. The Bertz CT molecular complexity index is 225. The lowest BCUT2D eigenvalue weighted by Crippen LogP contribution is -2.27. The van der Waals surface area contributed by atoms with Gasteiger partial charge >= 0.3 is 5.97 Å². The summed E-state index contributed by atoms with van der Waals surface area (Å²) >= 11 is 0. The second-order valence-corrected chi connectivity index (χ2v) is 2.56. The Morgan fingerprint density at radius 2 is 2.42 bits per heavy atom. The highest BCUT2D eigenvalue weighted by Gasteiger charge is 2.19. The number of rotatable bonds is 3. The fourth-order valence-electron chi connectivity index (χ4n) is 0.931. The van der Waals surface area contributed by atoms with Crippen LogP contribution in [0.25, 0.3) is 0 Å². The van der Waals surface area contributed by atoms with Gasteiger partial charge in [-0.15, -0.1) is 0 Å². The van der Waals surface area contributed by atoms with E-state index in [1.54, 1.807) is 6.21 Å². The quantitative estimate of drug-likeness (QED) is 0.590. The van der Waals surface area contributed by atoms with Gasteiger partial charge in [0.1, 0.15) is 0 Å². The Kier molecular flexibility index (Phi) is 2.93. The van der Waals surface area contributed by atoms with Gasteiger partial charge in [0, 0.05) is 18.9 Å². The molecular weight excluding hydrogens is 160 g/mol. The molecule has 0 radical (unpaired) electrons. The molecule has 0 amide bonds. The summed E-state index contributed by atoms with van der Waals surface area (Å²) in [5, 5.41) is 17.3. The molecule has 5 nitrogen and oxygen atoms in total.